The van der Waals surface area contributed by atoms with Crippen molar-refractivity contribution in [2.24, 2.45) is 39.9 Å². The topological polar surface area (TPSA) is 107 Å². The highest BCUT2D eigenvalue weighted by Gasteiger charge is 2.82. The molecule has 6 fully saturated rings. The molecule has 15 atom stereocenters. The summed E-state index contributed by atoms with van der Waals surface area (Å²) >= 11 is 0. The maximum atomic E-state index is 13.6. The fourth-order valence-corrected chi connectivity index (χ4v) is 11.3. The number of methoxy groups -OCH3 is 1. The molecule has 0 aromatic heterocycles. The van der Waals surface area contributed by atoms with Crippen molar-refractivity contribution in [1.82, 2.24) is 0 Å². The summed E-state index contributed by atoms with van der Waals surface area (Å²) in [6.45, 7) is 14.8. The molecule has 0 bridgehead atoms. The van der Waals surface area contributed by atoms with Crippen molar-refractivity contribution < 1.29 is 38.4 Å². The van der Waals surface area contributed by atoms with E-state index in [1.54, 1.807) is 19.3 Å². The average Bonchev–Trinajstić information content (AvgIpc) is 3.73. The van der Waals surface area contributed by atoms with Gasteiger partial charge in [0.25, 0.3) is 0 Å². The van der Waals surface area contributed by atoms with Gasteiger partial charge in [0.1, 0.15) is 29.0 Å². The van der Waals surface area contributed by atoms with E-state index in [1.165, 1.54) is 6.92 Å². The maximum Gasteiger partial charge on any atom is 0.302 e. The molecule has 0 aromatic rings. The predicted molar refractivity (Wildman–Crippen MR) is 144 cm³/mol. The van der Waals surface area contributed by atoms with Crippen LogP contribution in [0.5, 0.6) is 0 Å². The lowest BCUT2D eigenvalue weighted by molar-refractivity contribution is -0.226. The van der Waals surface area contributed by atoms with Crippen LogP contribution in [-0.2, 0) is 33.3 Å². The Hall–Kier alpha value is -1.32. The van der Waals surface area contributed by atoms with E-state index in [2.05, 4.69) is 34.6 Å². The van der Waals surface area contributed by atoms with Gasteiger partial charge < -0.3 is 28.8 Å². The van der Waals surface area contributed by atoms with Crippen LogP contribution in [0.2, 0.25) is 0 Å². The summed E-state index contributed by atoms with van der Waals surface area (Å²) in [7, 11) is 1.68. The SMILES string of the molecule is CO[C@H]1O[C@@H]([C@@H](C)[C@@]2(C)C[C@H](OC(C)=O)[C@H]3[C@@H]4C[C@H]5O[C@]56[C@@H](O)C=CC(=O)[C@]6(C)[C@H]4CC[C@@]32C)C[C@]2(C)O[C@]12C. The Bertz CT molecular complexity index is 1190. The Morgan fingerprint density at radius 2 is 1.90 bits per heavy atom. The molecular formula is C32H46O8. The van der Waals surface area contributed by atoms with Gasteiger partial charge in [0.2, 0.25) is 0 Å². The minimum atomic E-state index is -0.822. The molecular weight excluding hydrogens is 512 g/mol. The normalized spacial score (nSPS) is 60.0. The zero-order chi connectivity index (χ0) is 28.8. The molecule has 8 heteroatoms. The number of hydrogen-bond donors (Lipinski definition) is 1. The van der Waals surface area contributed by atoms with Gasteiger partial charge in [-0.05, 0) is 87.2 Å². The predicted octanol–water partition coefficient (Wildman–Crippen LogP) is 3.97. The monoisotopic (exact) mass is 558 g/mol. The van der Waals surface area contributed by atoms with Crippen LogP contribution in [0, 0.1) is 39.9 Å². The number of esters is 1. The van der Waals surface area contributed by atoms with E-state index < -0.39 is 29.0 Å². The number of ether oxygens (including phenoxy) is 5. The maximum absolute atomic E-state index is 13.6. The largest absolute Gasteiger partial charge is 0.462 e. The highest BCUT2D eigenvalue weighted by Crippen LogP contribution is 2.76. The molecule has 3 heterocycles. The number of carbonyl (C=O) groups is 2. The van der Waals surface area contributed by atoms with Crippen LogP contribution in [-0.4, -0.2) is 71.5 Å². The van der Waals surface area contributed by atoms with E-state index in [0.717, 1.165) is 32.1 Å². The Kier molecular flexibility index (Phi) is 5.49. The Labute approximate surface area is 237 Å². The molecule has 7 rings (SSSR count). The summed E-state index contributed by atoms with van der Waals surface area (Å²) in [5, 5.41) is 11.0. The zero-order valence-corrected chi connectivity index (χ0v) is 25.2. The third kappa shape index (κ3) is 2.96. The van der Waals surface area contributed by atoms with Crippen LogP contribution in [0.4, 0.5) is 0 Å². The van der Waals surface area contributed by atoms with Gasteiger partial charge in [-0.3, -0.25) is 9.59 Å². The van der Waals surface area contributed by atoms with Crippen molar-refractivity contribution >= 4 is 11.8 Å². The molecule has 0 unspecified atom stereocenters. The van der Waals surface area contributed by atoms with Crippen LogP contribution in [0.25, 0.3) is 0 Å². The molecule has 0 aromatic carbocycles. The van der Waals surface area contributed by atoms with Crippen molar-refractivity contribution in [3.05, 3.63) is 12.2 Å². The molecule has 3 aliphatic heterocycles. The van der Waals surface area contributed by atoms with Gasteiger partial charge in [-0.15, -0.1) is 0 Å². The Morgan fingerprint density at radius 1 is 1.18 bits per heavy atom. The molecule has 3 saturated heterocycles. The quantitative estimate of drug-likeness (QED) is 0.408. The molecule has 1 N–H and O–H groups in total. The highest BCUT2D eigenvalue weighted by atomic mass is 16.7. The Morgan fingerprint density at radius 3 is 2.58 bits per heavy atom. The van der Waals surface area contributed by atoms with Crippen molar-refractivity contribution in [2.75, 3.05) is 7.11 Å². The second kappa shape index (κ2) is 7.98. The summed E-state index contributed by atoms with van der Waals surface area (Å²) in [4.78, 5) is 26.1. The number of allylic oxidation sites excluding steroid dienone is 1. The lowest BCUT2D eigenvalue weighted by atomic mass is 9.42. The number of fused-ring (bicyclic) bond motifs is 5. The molecule has 1 spiro atoms. The van der Waals surface area contributed by atoms with Gasteiger partial charge in [0, 0.05) is 26.4 Å². The number of ketones is 1. The van der Waals surface area contributed by atoms with Crippen LogP contribution < -0.4 is 0 Å². The van der Waals surface area contributed by atoms with E-state index in [9.17, 15) is 14.7 Å². The first-order valence-electron chi connectivity index (χ1n) is 15.3. The summed E-state index contributed by atoms with van der Waals surface area (Å²) in [5.74, 6) is 0.223. The smallest absolute Gasteiger partial charge is 0.302 e. The van der Waals surface area contributed by atoms with E-state index in [4.69, 9.17) is 23.7 Å². The van der Waals surface area contributed by atoms with Gasteiger partial charge in [0.15, 0.2) is 12.1 Å². The van der Waals surface area contributed by atoms with E-state index in [-0.39, 0.29) is 70.2 Å². The van der Waals surface area contributed by atoms with Crippen LogP contribution in [0.15, 0.2) is 12.2 Å². The number of epoxide rings is 2. The zero-order valence-electron chi connectivity index (χ0n) is 25.2. The molecule has 40 heavy (non-hydrogen) atoms. The molecule has 0 amide bonds. The third-order valence-electron chi connectivity index (χ3n) is 14.1. The number of hydrogen-bond acceptors (Lipinski definition) is 8. The summed E-state index contributed by atoms with van der Waals surface area (Å²) < 4.78 is 31.1. The van der Waals surface area contributed by atoms with Crippen LogP contribution >= 0.6 is 0 Å². The molecule has 7 aliphatic rings. The molecule has 4 aliphatic carbocycles. The number of aliphatic hydroxyl groups excluding tert-OH is 1. The van der Waals surface area contributed by atoms with Gasteiger partial charge in [-0.1, -0.05) is 20.8 Å². The van der Waals surface area contributed by atoms with E-state index in [1.807, 2.05) is 6.92 Å². The summed E-state index contributed by atoms with van der Waals surface area (Å²) in [6.07, 6.45) is 5.58. The minimum absolute atomic E-state index is 0.0513. The summed E-state index contributed by atoms with van der Waals surface area (Å²) in [5.41, 5.74) is -2.67. The lowest BCUT2D eigenvalue weighted by Gasteiger charge is -2.60. The molecule has 222 valence electrons. The van der Waals surface area contributed by atoms with Crippen molar-refractivity contribution in [3.8, 4) is 0 Å². The summed E-state index contributed by atoms with van der Waals surface area (Å²) in [6, 6.07) is 0. The lowest BCUT2D eigenvalue weighted by Crippen LogP contribution is -2.64. The number of aliphatic hydroxyl groups is 1. The third-order valence-corrected chi connectivity index (χ3v) is 14.1. The van der Waals surface area contributed by atoms with Gasteiger partial charge >= 0.3 is 5.97 Å². The average molecular weight is 559 g/mol. The molecule has 3 saturated carbocycles. The molecule has 0 radical (unpaired) electrons. The standard InChI is InChI=1S/C32H46O8/c1-16(20-15-29(5)31(7,40-29)26(36-8)38-20)28(4)14-21(37-17(2)33)25-18-13-24-32(39-24)23(35)10-9-22(34)30(32,6)19(18)11-12-27(25,28)3/h9-10,16,18-21,23-26,35H,11-15H2,1-8H3/t16-,18-,19+,20-,21+,23+,24-,25-,26+,27+,28-,29+,30+,31-,32-/m1/s1. The number of rotatable bonds is 4. The second-order valence-electron chi connectivity index (χ2n) is 15.2. The first-order chi connectivity index (χ1) is 18.6. The first kappa shape index (κ1) is 27.5. The highest BCUT2D eigenvalue weighted by molar-refractivity contribution is 5.98. The second-order valence-corrected chi connectivity index (χ2v) is 15.2. The van der Waals surface area contributed by atoms with Crippen molar-refractivity contribution in [3.63, 3.8) is 0 Å². The minimum Gasteiger partial charge on any atom is -0.462 e. The van der Waals surface area contributed by atoms with Gasteiger partial charge in [0.05, 0.1) is 17.6 Å². The van der Waals surface area contributed by atoms with Gasteiger partial charge in [-0.2, -0.15) is 0 Å². The van der Waals surface area contributed by atoms with Gasteiger partial charge in [-0.25, -0.2) is 0 Å². The number of carbonyl (C=O) groups excluding carboxylic acids is 2. The molecule has 8 nitrogen and oxygen atoms in total. The Balaban J connectivity index is 1.26. The fraction of sp³-hybridized carbons (Fsp3) is 0.875. The van der Waals surface area contributed by atoms with Crippen LogP contribution in [0.3, 0.4) is 0 Å². The van der Waals surface area contributed by atoms with Crippen molar-refractivity contribution in [2.45, 2.75) is 128 Å². The first-order valence-corrected chi connectivity index (χ1v) is 15.3. The van der Waals surface area contributed by atoms with Crippen LogP contribution in [0.1, 0.15) is 80.6 Å². The fourth-order valence-electron chi connectivity index (χ4n) is 11.3. The van der Waals surface area contributed by atoms with E-state index in [0.29, 0.717) is 0 Å². The van der Waals surface area contributed by atoms with E-state index >= 15 is 0 Å². The van der Waals surface area contributed by atoms with Crippen molar-refractivity contribution in [1.29, 1.82) is 0 Å².